The molecule has 0 spiro atoms. The van der Waals surface area contributed by atoms with Crippen LogP contribution in [0.5, 0.6) is 0 Å². The molecule has 14 heavy (non-hydrogen) atoms. The van der Waals surface area contributed by atoms with E-state index in [0.29, 0.717) is 5.69 Å². The van der Waals surface area contributed by atoms with E-state index in [-0.39, 0.29) is 5.15 Å². The van der Waals surface area contributed by atoms with Crippen molar-refractivity contribution in [2.75, 3.05) is 5.73 Å². The molecule has 0 unspecified atom stereocenters. The first-order chi connectivity index (χ1) is 6.66. The number of nitrogen functional groups attached to an aromatic ring is 1. The third kappa shape index (κ3) is 1.71. The molecule has 0 aliphatic rings. The minimum Gasteiger partial charge on any atom is -0.396 e. The minimum atomic E-state index is 0.252. The molecule has 5 heteroatoms. The second-order valence-corrected chi connectivity index (χ2v) is 4.53. The van der Waals surface area contributed by atoms with Gasteiger partial charge in [0.05, 0.1) is 10.6 Å². The average Bonchev–Trinajstić information content (AvgIpc) is 2.57. The maximum absolute atomic E-state index is 5.68. The summed E-state index contributed by atoms with van der Waals surface area (Å²) in [7, 11) is 0. The van der Waals surface area contributed by atoms with Crippen molar-refractivity contribution in [2.45, 2.75) is 6.92 Å². The van der Waals surface area contributed by atoms with E-state index >= 15 is 0 Å². The summed E-state index contributed by atoms with van der Waals surface area (Å²) in [5.41, 5.74) is 6.86. The highest BCUT2D eigenvalue weighted by atomic mass is 35.5. The zero-order valence-electron chi connectivity index (χ0n) is 7.49. The largest absolute Gasteiger partial charge is 0.396 e. The molecule has 0 aliphatic heterocycles. The van der Waals surface area contributed by atoms with Crippen molar-refractivity contribution >= 4 is 28.6 Å². The molecule has 2 heterocycles. The maximum atomic E-state index is 5.68. The van der Waals surface area contributed by atoms with Gasteiger partial charge in [-0.25, -0.2) is 0 Å². The zero-order chi connectivity index (χ0) is 10.1. The van der Waals surface area contributed by atoms with Crippen molar-refractivity contribution in [1.82, 2.24) is 10.2 Å². The summed E-state index contributed by atoms with van der Waals surface area (Å²) in [5.74, 6) is 0. The van der Waals surface area contributed by atoms with Gasteiger partial charge in [-0.3, -0.25) is 0 Å². The van der Waals surface area contributed by atoms with Crippen molar-refractivity contribution in [3.05, 3.63) is 28.2 Å². The standard InChI is InChI=1S/C9H8ClN3S/c1-5-2-3-8(14-5)7-4-6(11)9(10)13-12-7/h2-4H,1H3,(H2,11,12). The molecule has 2 N–H and O–H groups in total. The van der Waals surface area contributed by atoms with Gasteiger partial charge in [-0.05, 0) is 25.1 Å². The van der Waals surface area contributed by atoms with Crippen LogP contribution in [0.2, 0.25) is 5.15 Å². The molecule has 2 aromatic rings. The first-order valence-electron chi connectivity index (χ1n) is 4.02. The Morgan fingerprint density at radius 2 is 2.14 bits per heavy atom. The summed E-state index contributed by atoms with van der Waals surface area (Å²) in [4.78, 5) is 2.29. The van der Waals surface area contributed by atoms with Crippen LogP contribution >= 0.6 is 22.9 Å². The smallest absolute Gasteiger partial charge is 0.174 e. The van der Waals surface area contributed by atoms with Crippen LogP contribution in [0.25, 0.3) is 10.6 Å². The van der Waals surface area contributed by atoms with E-state index in [1.165, 1.54) is 4.88 Å². The van der Waals surface area contributed by atoms with Gasteiger partial charge in [-0.2, -0.15) is 0 Å². The Kier molecular flexibility index (Phi) is 2.39. The van der Waals surface area contributed by atoms with Gasteiger partial charge < -0.3 is 5.73 Å². The number of thiophene rings is 1. The molecule has 3 nitrogen and oxygen atoms in total. The van der Waals surface area contributed by atoms with Crippen LogP contribution in [0.1, 0.15) is 4.88 Å². The lowest BCUT2D eigenvalue weighted by Gasteiger charge is -1.98. The molecular weight excluding hydrogens is 218 g/mol. The highest BCUT2D eigenvalue weighted by Crippen LogP contribution is 2.28. The molecule has 0 bridgehead atoms. The third-order valence-corrected chi connectivity index (χ3v) is 3.09. The van der Waals surface area contributed by atoms with E-state index < -0.39 is 0 Å². The van der Waals surface area contributed by atoms with Gasteiger partial charge in [0.25, 0.3) is 0 Å². The fourth-order valence-corrected chi connectivity index (χ4v) is 2.00. The SMILES string of the molecule is Cc1ccc(-c2cc(N)c(Cl)nn2)s1. The molecule has 0 radical (unpaired) electrons. The molecule has 0 atom stereocenters. The number of nitrogens with two attached hydrogens (primary N) is 1. The average molecular weight is 226 g/mol. The normalized spacial score (nSPS) is 10.4. The van der Waals surface area contributed by atoms with Crippen LogP contribution < -0.4 is 5.73 Å². The Morgan fingerprint density at radius 1 is 1.36 bits per heavy atom. The Balaban J connectivity index is 2.47. The van der Waals surface area contributed by atoms with E-state index in [2.05, 4.69) is 10.2 Å². The number of nitrogens with zero attached hydrogens (tertiary/aromatic N) is 2. The van der Waals surface area contributed by atoms with E-state index in [9.17, 15) is 0 Å². The van der Waals surface area contributed by atoms with Crippen LogP contribution in [0.3, 0.4) is 0 Å². The van der Waals surface area contributed by atoms with Crippen LogP contribution in [-0.4, -0.2) is 10.2 Å². The number of aryl methyl sites for hydroxylation is 1. The lowest BCUT2D eigenvalue weighted by molar-refractivity contribution is 1.04. The minimum absolute atomic E-state index is 0.252. The van der Waals surface area contributed by atoms with Crippen molar-refractivity contribution in [3.63, 3.8) is 0 Å². The van der Waals surface area contributed by atoms with E-state index in [1.54, 1.807) is 17.4 Å². The van der Waals surface area contributed by atoms with Gasteiger partial charge in [-0.15, -0.1) is 21.5 Å². The van der Waals surface area contributed by atoms with Crippen molar-refractivity contribution in [3.8, 4) is 10.6 Å². The number of rotatable bonds is 1. The number of hydrogen-bond acceptors (Lipinski definition) is 4. The topological polar surface area (TPSA) is 51.8 Å². The molecule has 0 aliphatic carbocycles. The third-order valence-electron chi connectivity index (χ3n) is 1.77. The Labute approximate surface area is 90.5 Å². The van der Waals surface area contributed by atoms with Gasteiger partial charge in [0.15, 0.2) is 5.15 Å². The van der Waals surface area contributed by atoms with E-state index in [0.717, 1.165) is 10.6 Å². The summed E-state index contributed by atoms with van der Waals surface area (Å²) < 4.78 is 0. The molecule has 72 valence electrons. The number of hydrogen-bond donors (Lipinski definition) is 1. The van der Waals surface area contributed by atoms with Gasteiger partial charge in [-0.1, -0.05) is 11.6 Å². The Morgan fingerprint density at radius 3 is 2.71 bits per heavy atom. The first kappa shape index (κ1) is 9.43. The van der Waals surface area contributed by atoms with Crippen molar-refractivity contribution in [2.24, 2.45) is 0 Å². The fraction of sp³-hybridized carbons (Fsp3) is 0.111. The van der Waals surface area contributed by atoms with Crippen LogP contribution in [0, 0.1) is 6.92 Å². The molecule has 2 aromatic heterocycles. The van der Waals surface area contributed by atoms with Gasteiger partial charge in [0, 0.05) is 4.88 Å². The predicted octanol–water partition coefficient (Wildman–Crippen LogP) is 2.75. The van der Waals surface area contributed by atoms with Gasteiger partial charge in [0.1, 0.15) is 5.69 Å². The molecule has 2 rings (SSSR count). The quantitative estimate of drug-likeness (QED) is 0.812. The molecule has 0 saturated carbocycles. The Bertz CT molecular complexity index is 467. The number of anilines is 1. The lowest BCUT2D eigenvalue weighted by Crippen LogP contribution is -1.93. The maximum Gasteiger partial charge on any atom is 0.174 e. The summed E-state index contributed by atoms with van der Waals surface area (Å²) >= 11 is 7.33. The summed E-state index contributed by atoms with van der Waals surface area (Å²) in [6.45, 7) is 2.04. The second kappa shape index (κ2) is 3.55. The van der Waals surface area contributed by atoms with Crippen LogP contribution in [-0.2, 0) is 0 Å². The number of halogens is 1. The van der Waals surface area contributed by atoms with E-state index in [4.69, 9.17) is 17.3 Å². The van der Waals surface area contributed by atoms with Crippen LogP contribution in [0.15, 0.2) is 18.2 Å². The predicted molar refractivity (Wildman–Crippen MR) is 59.5 cm³/mol. The highest BCUT2D eigenvalue weighted by molar-refractivity contribution is 7.15. The fourth-order valence-electron chi connectivity index (χ4n) is 1.08. The lowest BCUT2D eigenvalue weighted by atomic mass is 10.3. The monoisotopic (exact) mass is 225 g/mol. The summed E-state index contributed by atoms with van der Waals surface area (Å²) in [6.07, 6.45) is 0. The van der Waals surface area contributed by atoms with Crippen molar-refractivity contribution in [1.29, 1.82) is 0 Å². The second-order valence-electron chi connectivity index (χ2n) is 2.89. The molecule has 0 aromatic carbocycles. The molecule has 0 fully saturated rings. The highest BCUT2D eigenvalue weighted by Gasteiger charge is 2.05. The number of aromatic nitrogens is 2. The molecular formula is C9H8ClN3S. The molecule has 0 saturated heterocycles. The van der Waals surface area contributed by atoms with Crippen molar-refractivity contribution < 1.29 is 0 Å². The molecule has 0 amide bonds. The first-order valence-corrected chi connectivity index (χ1v) is 5.22. The van der Waals surface area contributed by atoms with Crippen LogP contribution in [0.4, 0.5) is 5.69 Å². The van der Waals surface area contributed by atoms with Gasteiger partial charge in [0.2, 0.25) is 0 Å². The van der Waals surface area contributed by atoms with Gasteiger partial charge >= 0.3 is 0 Å². The van der Waals surface area contributed by atoms with E-state index in [1.807, 2.05) is 19.1 Å². The zero-order valence-corrected chi connectivity index (χ0v) is 9.06. The summed E-state index contributed by atoms with van der Waals surface area (Å²) in [6, 6.07) is 5.77. The Hall–Kier alpha value is -1.13. The summed E-state index contributed by atoms with van der Waals surface area (Å²) in [5, 5.41) is 7.98.